The molecule has 0 aromatic carbocycles. The maximum absolute atomic E-state index is 12.0. The van der Waals surface area contributed by atoms with Gasteiger partial charge in [0.05, 0.1) is 0 Å². The standard InChI is InChI=1S/C14H18N4O2/c1-2-3-8-18-13(19)5-4-12(17-18)14(20)16-10-11-6-7-15-9-11/h4-7,9,15H,2-3,8,10H2,1H3,(H,16,20). The van der Waals surface area contributed by atoms with E-state index in [1.807, 2.05) is 19.2 Å². The summed E-state index contributed by atoms with van der Waals surface area (Å²) in [5.74, 6) is -0.281. The van der Waals surface area contributed by atoms with Gasteiger partial charge in [0.25, 0.3) is 11.5 Å². The monoisotopic (exact) mass is 274 g/mol. The second-order valence-corrected chi connectivity index (χ2v) is 4.54. The van der Waals surface area contributed by atoms with Crippen LogP contribution in [0.5, 0.6) is 0 Å². The van der Waals surface area contributed by atoms with Gasteiger partial charge in [-0.2, -0.15) is 5.10 Å². The van der Waals surface area contributed by atoms with Crippen molar-refractivity contribution in [3.8, 4) is 0 Å². The quantitative estimate of drug-likeness (QED) is 0.833. The van der Waals surface area contributed by atoms with Crippen molar-refractivity contribution >= 4 is 5.91 Å². The van der Waals surface area contributed by atoms with Crippen molar-refractivity contribution in [2.75, 3.05) is 0 Å². The number of hydrogen-bond acceptors (Lipinski definition) is 3. The molecule has 20 heavy (non-hydrogen) atoms. The summed E-state index contributed by atoms with van der Waals surface area (Å²) in [5.41, 5.74) is 1.06. The molecular formula is C14H18N4O2. The smallest absolute Gasteiger partial charge is 0.271 e. The first-order valence-electron chi connectivity index (χ1n) is 6.68. The van der Waals surface area contributed by atoms with E-state index in [0.717, 1.165) is 18.4 Å². The van der Waals surface area contributed by atoms with E-state index >= 15 is 0 Å². The van der Waals surface area contributed by atoms with Gasteiger partial charge in [-0.25, -0.2) is 4.68 Å². The number of carbonyl (C=O) groups excluding carboxylic acids is 1. The van der Waals surface area contributed by atoms with Crippen LogP contribution in [0.25, 0.3) is 0 Å². The number of aryl methyl sites for hydroxylation is 1. The largest absolute Gasteiger partial charge is 0.367 e. The van der Waals surface area contributed by atoms with Gasteiger partial charge in [0.1, 0.15) is 5.69 Å². The number of aromatic amines is 1. The van der Waals surface area contributed by atoms with Crippen molar-refractivity contribution in [1.29, 1.82) is 0 Å². The third-order valence-corrected chi connectivity index (χ3v) is 2.94. The molecule has 0 atom stereocenters. The first kappa shape index (κ1) is 14.0. The van der Waals surface area contributed by atoms with Gasteiger partial charge in [-0.15, -0.1) is 0 Å². The minimum Gasteiger partial charge on any atom is -0.367 e. The molecule has 6 nitrogen and oxygen atoms in total. The third kappa shape index (κ3) is 3.57. The average Bonchev–Trinajstić information content (AvgIpc) is 2.97. The molecule has 0 spiro atoms. The fourth-order valence-corrected chi connectivity index (χ4v) is 1.78. The fourth-order valence-electron chi connectivity index (χ4n) is 1.78. The summed E-state index contributed by atoms with van der Waals surface area (Å²) in [7, 11) is 0. The Morgan fingerprint density at radius 1 is 1.40 bits per heavy atom. The van der Waals surface area contributed by atoms with E-state index < -0.39 is 0 Å². The van der Waals surface area contributed by atoms with Crippen molar-refractivity contribution < 1.29 is 4.79 Å². The van der Waals surface area contributed by atoms with Crippen LogP contribution in [0, 0.1) is 0 Å². The van der Waals surface area contributed by atoms with Gasteiger partial charge < -0.3 is 10.3 Å². The Balaban J connectivity index is 2.03. The van der Waals surface area contributed by atoms with Gasteiger partial charge in [-0.05, 0) is 24.1 Å². The molecule has 0 fully saturated rings. The predicted molar refractivity (Wildman–Crippen MR) is 75.4 cm³/mol. The number of nitrogens with zero attached hydrogens (tertiary/aromatic N) is 2. The molecular weight excluding hydrogens is 256 g/mol. The zero-order chi connectivity index (χ0) is 14.4. The number of amides is 1. The Hall–Kier alpha value is -2.37. The molecule has 0 unspecified atom stereocenters. The van der Waals surface area contributed by atoms with Crippen LogP contribution in [0.2, 0.25) is 0 Å². The van der Waals surface area contributed by atoms with E-state index in [2.05, 4.69) is 15.4 Å². The molecule has 0 aliphatic rings. The summed E-state index contributed by atoms with van der Waals surface area (Å²) in [4.78, 5) is 26.5. The number of nitrogens with one attached hydrogen (secondary N) is 2. The topological polar surface area (TPSA) is 79.8 Å². The second kappa shape index (κ2) is 6.70. The van der Waals surface area contributed by atoms with Crippen molar-refractivity contribution in [2.45, 2.75) is 32.9 Å². The van der Waals surface area contributed by atoms with E-state index in [-0.39, 0.29) is 17.2 Å². The van der Waals surface area contributed by atoms with Crippen LogP contribution < -0.4 is 10.9 Å². The summed E-state index contributed by atoms with van der Waals surface area (Å²) >= 11 is 0. The van der Waals surface area contributed by atoms with E-state index in [4.69, 9.17) is 0 Å². The number of hydrogen-bond donors (Lipinski definition) is 2. The lowest BCUT2D eigenvalue weighted by Crippen LogP contribution is -2.29. The van der Waals surface area contributed by atoms with Gasteiger partial charge in [0.2, 0.25) is 0 Å². The van der Waals surface area contributed by atoms with E-state index in [1.54, 1.807) is 6.20 Å². The summed E-state index contributed by atoms with van der Waals surface area (Å²) in [6.45, 7) is 3.00. The fraction of sp³-hybridized carbons (Fsp3) is 0.357. The highest BCUT2D eigenvalue weighted by atomic mass is 16.2. The molecule has 2 N–H and O–H groups in total. The zero-order valence-corrected chi connectivity index (χ0v) is 11.4. The maximum Gasteiger partial charge on any atom is 0.271 e. The Kier molecular flexibility index (Phi) is 4.70. The number of rotatable bonds is 6. The van der Waals surface area contributed by atoms with Crippen LogP contribution in [0.15, 0.2) is 35.4 Å². The van der Waals surface area contributed by atoms with Gasteiger partial charge in [-0.1, -0.05) is 13.3 Å². The van der Waals surface area contributed by atoms with Gasteiger partial charge >= 0.3 is 0 Å². The molecule has 0 aliphatic heterocycles. The summed E-state index contributed by atoms with van der Waals surface area (Å²) in [6, 6.07) is 4.72. The molecule has 0 aliphatic carbocycles. The second-order valence-electron chi connectivity index (χ2n) is 4.54. The number of carbonyl (C=O) groups is 1. The Morgan fingerprint density at radius 2 is 2.25 bits per heavy atom. The maximum atomic E-state index is 12.0. The third-order valence-electron chi connectivity index (χ3n) is 2.94. The Labute approximate surface area is 116 Å². The summed E-state index contributed by atoms with van der Waals surface area (Å²) in [5, 5.41) is 6.86. The molecule has 0 bridgehead atoms. The number of H-pyrrole nitrogens is 1. The summed E-state index contributed by atoms with van der Waals surface area (Å²) in [6.07, 6.45) is 5.44. The van der Waals surface area contributed by atoms with Crippen LogP contribution in [-0.2, 0) is 13.1 Å². The molecule has 106 valence electrons. The molecule has 6 heteroatoms. The molecule has 2 aromatic heterocycles. The zero-order valence-electron chi connectivity index (χ0n) is 11.4. The van der Waals surface area contributed by atoms with Gasteiger partial charge in [0, 0.05) is 31.5 Å². The molecule has 2 heterocycles. The Morgan fingerprint density at radius 3 is 2.95 bits per heavy atom. The predicted octanol–water partition coefficient (Wildman–Crippen LogP) is 1.30. The summed E-state index contributed by atoms with van der Waals surface area (Å²) < 4.78 is 1.34. The van der Waals surface area contributed by atoms with Crippen LogP contribution >= 0.6 is 0 Å². The van der Waals surface area contributed by atoms with Crippen LogP contribution in [-0.4, -0.2) is 20.7 Å². The van der Waals surface area contributed by atoms with Crippen LogP contribution in [0.4, 0.5) is 0 Å². The van der Waals surface area contributed by atoms with Gasteiger partial charge in [-0.3, -0.25) is 9.59 Å². The van der Waals surface area contributed by atoms with Crippen molar-refractivity contribution in [3.63, 3.8) is 0 Å². The highest BCUT2D eigenvalue weighted by Crippen LogP contribution is 1.98. The highest BCUT2D eigenvalue weighted by Gasteiger charge is 2.09. The van der Waals surface area contributed by atoms with E-state index in [1.165, 1.54) is 16.8 Å². The molecule has 0 radical (unpaired) electrons. The van der Waals surface area contributed by atoms with Crippen LogP contribution in [0.1, 0.15) is 35.8 Å². The molecule has 1 amide bonds. The first-order chi connectivity index (χ1) is 9.70. The van der Waals surface area contributed by atoms with Crippen molar-refractivity contribution in [2.24, 2.45) is 0 Å². The lowest BCUT2D eigenvalue weighted by Gasteiger charge is -2.06. The first-order valence-corrected chi connectivity index (χ1v) is 6.68. The van der Waals surface area contributed by atoms with E-state index in [9.17, 15) is 9.59 Å². The van der Waals surface area contributed by atoms with Crippen molar-refractivity contribution in [1.82, 2.24) is 20.1 Å². The van der Waals surface area contributed by atoms with Crippen molar-refractivity contribution in [3.05, 3.63) is 52.2 Å². The number of unbranched alkanes of at least 4 members (excludes halogenated alkanes) is 1. The molecule has 0 saturated heterocycles. The SMILES string of the molecule is CCCCn1nc(C(=O)NCc2cc[nH]c2)ccc1=O. The minimum absolute atomic E-state index is 0.180. The molecule has 2 aromatic rings. The average molecular weight is 274 g/mol. The lowest BCUT2D eigenvalue weighted by atomic mass is 10.3. The Bertz CT molecular complexity index is 616. The molecule has 2 rings (SSSR count). The van der Waals surface area contributed by atoms with E-state index in [0.29, 0.717) is 13.1 Å². The molecule has 0 saturated carbocycles. The lowest BCUT2D eigenvalue weighted by molar-refractivity contribution is 0.0943. The van der Waals surface area contributed by atoms with Crippen LogP contribution in [0.3, 0.4) is 0 Å². The number of aromatic nitrogens is 3. The highest BCUT2D eigenvalue weighted by molar-refractivity contribution is 5.91. The normalized spacial score (nSPS) is 10.4. The van der Waals surface area contributed by atoms with Gasteiger partial charge in [0.15, 0.2) is 0 Å². The minimum atomic E-state index is -0.281.